The van der Waals surface area contributed by atoms with Gasteiger partial charge in [0.1, 0.15) is 6.54 Å². The number of likely N-dealkylation sites (N-methyl/N-ethyl adjacent to an activating group) is 2. The first-order valence-corrected chi connectivity index (χ1v) is 13.4. The molecular formula is C27H40N6O5. The lowest BCUT2D eigenvalue weighted by molar-refractivity contribution is -0.129. The summed E-state index contributed by atoms with van der Waals surface area (Å²) in [5, 5.41) is 3.14. The van der Waals surface area contributed by atoms with Gasteiger partial charge in [-0.05, 0) is 58.1 Å². The number of benzene rings is 1. The van der Waals surface area contributed by atoms with Crippen LogP contribution in [-0.2, 0) is 9.53 Å². The van der Waals surface area contributed by atoms with Gasteiger partial charge in [-0.15, -0.1) is 0 Å². The molecule has 11 nitrogen and oxygen atoms in total. The van der Waals surface area contributed by atoms with E-state index in [1.807, 2.05) is 38.1 Å². The van der Waals surface area contributed by atoms with Gasteiger partial charge in [-0.3, -0.25) is 14.3 Å². The highest BCUT2D eigenvalue weighted by atomic mass is 16.6. The van der Waals surface area contributed by atoms with Crippen molar-refractivity contribution in [2.45, 2.75) is 70.1 Å². The summed E-state index contributed by atoms with van der Waals surface area (Å²) in [5.74, 6) is -0.161. The molecule has 0 unspecified atom stereocenters. The van der Waals surface area contributed by atoms with E-state index in [1.165, 1.54) is 14.4 Å². The molecule has 208 valence electrons. The zero-order valence-corrected chi connectivity index (χ0v) is 23.1. The van der Waals surface area contributed by atoms with Crippen molar-refractivity contribution in [2.75, 3.05) is 40.8 Å². The number of nitrogens with one attached hydrogen (secondary N) is 1. The number of ether oxygens (including phenoxy) is 1. The van der Waals surface area contributed by atoms with Crippen molar-refractivity contribution in [3.8, 4) is 0 Å². The Bertz CT molecular complexity index is 1220. The van der Waals surface area contributed by atoms with Crippen molar-refractivity contribution in [3.05, 3.63) is 34.7 Å². The average molecular weight is 529 g/mol. The Morgan fingerprint density at radius 1 is 1.05 bits per heavy atom. The number of para-hydroxylation sites is 2. The molecule has 3 atom stereocenters. The Morgan fingerprint density at radius 2 is 1.68 bits per heavy atom. The molecule has 2 saturated heterocycles. The summed E-state index contributed by atoms with van der Waals surface area (Å²) in [6.07, 6.45) is 4.00. The molecule has 0 saturated carbocycles. The summed E-state index contributed by atoms with van der Waals surface area (Å²) >= 11 is 0. The highest BCUT2D eigenvalue weighted by Crippen LogP contribution is 2.35. The van der Waals surface area contributed by atoms with Gasteiger partial charge in [0.15, 0.2) is 0 Å². The van der Waals surface area contributed by atoms with E-state index in [1.54, 1.807) is 25.7 Å². The highest BCUT2D eigenvalue weighted by Gasteiger charge is 2.41. The number of fused-ring (bicyclic) bond motifs is 3. The van der Waals surface area contributed by atoms with Crippen LogP contribution >= 0.6 is 0 Å². The van der Waals surface area contributed by atoms with Crippen molar-refractivity contribution < 1.29 is 19.1 Å². The fourth-order valence-electron chi connectivity index (χ4n) is 5.79. The van der Waals surface area contributed by atoms with Crippen LogP contribution in [0, 0.1) is 0 Å². The molecule has 1 N–H and O–H groups in total. The predicted octanol–water partition coefficient (Wildman–Crippen LogP) is 2.48. The number of carbonyl (C=O) groups excluding carboxylic acids is 3. The maximum absolute atomic E-state index is 13.3. The summed E-state index contributed by atoms with van der Waals surface area (Å²) in [7, 11) is 4.85. The van der Waals surface area contributed by atoms with E-state index in [9.17, 15) is 19.2 Å². The van der Waals surface area contributed by atoms with E-state index in [4.69, 9.17) is 4.74 Å². The van der Waals surface area contributed by atoms with Gasteiger partial charge >= 0.3 is 17.8 Å². The molecule has 0 aliphatic carbocycles. The van der Waals surface area contributed by atoms with E-state index >= 15 is 0 Å². The molecule has 2 aliphatic heterocycles. The van der Waals surface area contributed by atoms with E-state index in [2.05, 4.69) is 10.2 Å². The van der Waals surface area contributed by atoms with Gasteiger partial charge in [0.25, 0.3) is 0 Å². The molecule has 3 amide bonds. The normalized spacial score (nSPS) is 21.1. The van der Waals surface area contributed by atoms with E-state index in [0.717, 1.165) is 37.7 Å². The van der Waals surface area contributed by atoms with Crippen molar-refractivity contribution in [1.82, 2.24) is 29.2 Å². The average Bonchev–Trinajstić information content (AvgIpc) is 3.29. The minimum Gasteiger partial charge on any atom is -0.449 e. The molecule has 2 fully saturated rings. The minimum atomic E-state index is -0.501. The van der Waals surface area contributed by atoms with E-state index in [-0.39, 0.29) is 42.9 Å². The molecule has 38 heavy (non-hydrogen) atoms. The lowest BCUT2D eigenvalue weighted by Gasteiger charge is -2.39. The van der Waals surface area contributed by atoms with Crippen molar-refractivity contribution in [1.29, 1.82) is 0 Å². The summed E-state index contributed by atoms with van der Waals surface area (Å²) in [5.41, 5.74) is 1.06. The Balaban J connectivity index is 1.29. The molecule has 1 aromatic heterocycles. The number of hydrogen-bond acceptors (Lipinski definition) is 6. The maximum Gasteiger partial charge on any atom is 0.409 e. The Morgan fingerprint density at radius 3 is 2.29 bits per heavy atom. The predicted molar refractivity (Wildman–Crippen MR) is 144 cm³/mol. The molecule has 0 spiro atoms. The van der Waals surface area contributed by atoms with Crippen LogP contribution in [-0.4, -0.2) is 101 Å². The van der Waals surface area contributed by atoms with Crippen LogP contribution < -0.4 is 11.0 Å². The number of amides is 3. The number of piperidine rings is 1. The number of imidazole rings is 1. The summed E-state index contributed by atoms with van der Waals surface area (Å²) in [4.78, 5) is 55.5. The van der Waals surface area contributed by atoms with Gasteiger partial charge < -0.3 is 19.9 Å². The van der Waals surface area contributed by atoms with Crippen LogP contribution in [0.2, 0.25) is 0 Å². The van der Waals surface area contributed by atoms with Crippen LogP contribution in [0.5, 0.6) is 0 Å². The summed E-state index contributed by atoms with van der Waals surface area (Å²) in [6, 6.07) is 7.69. The Hall–Kier alpha value is -3.34. The second-order valence-corrected chi connectivity index (χ2v) is 10.9. The van der Waals surface area contributed by atoms with Gasteiger partial charge in [-0.1, -0.05) is 12.1 Å². The third kappa shape index (κ3) is 5.72. The van der Waals surface area contributed by atoms with Crippen molar-refractivity contribution >= 4 is 29.1 Å². The first-order chi connectivity index (χ1) is 18.1. The molecular weight excluding hydrogens is 488 g/mol. The number of aromatic nitrogens is 2. The Labute approximate surface area is 223 Å². The molecule has 3 heterocycles. The van der Waals surface area contributed by atoms with Gasteiger partial charge in [-0.25, -0.2) is 19.0 Å². The van der Waals surface area contributed by atoms with Crippen LogP contribution in [0.4, 0.5) is 9.59 Å². The van der Waals surface area contributed by atoms with E-state index in [0.29, 0.717) is 24.0 Å². The first kappa shape index (κ1) is 27.7. The van der Waals surface area contributed by atoms with Gasteiger partial charge in [-0.2, -0.15) is 0 Å². The zero-order valence-electron chi connectivity index (χ0n) is 23.1. The largest absolute Gasteiger partial charge is 0.449 e. The second kappa shape index (κ2) is 11.6. The second-order valence-electron chi connectivity index (χ2n) is 10.9. The molecule has 4 rings (SSSR count). The number of nitrogens with zero attached hydrogens (tertiary/aromatic N) is 5. The highest BCUT2D eigenvalue weighted by molar-refractivity contribution is 5.89. The minimum absolute atomic E-state index is 0.00465. The topological polar surface area (TPSA) is 109 Å². The van der Waals surface area contributed by atoms with Crippen molar-refractivity contribution in [2.24, 2.45) is 0 Å². The maximum atomic E-state index is 13.3. The molecule has 11 heteroatoms. The molecule has 2 aliphatic rings. The Kier molecular flexibility index (Phi) is 8.44. The zero-order chi connectivity index (χ0) is 27.6. The van der Waals surface area contributed by atoms with Crippen LogP contribution in [0.25, 0.3) is 11.0 Å². The third-order valence-electron chi connectivity index (χ3n) is 7.68. The standard InChI is InChI=1S/C27H40N6O5/c1-18(2)32-22-9-6-7-10-23(22)33(26(32)36)25(35)28-19-15-20-11-12-21(16-19)31(20)13-8-14-38-27(37)30(5)17-24(34)29(3)4/h6-7,9-10,18-21H,8,11-17H2,1-5H3,(H,28,35)/t19-,20-,21+. The lowest BCUT2D eigenvalue weighted by Crippen LogP contribution is -2.52. The molecule has 1 aromatic carbocycles. The van der Waals surface area contributed by atoms with Gasteiger partial charge in [0.05, 0.1) is 17.6 Å². The van der Waals surface area contributed by atoms with Gasteiger partial charge in [0.2, 0.25) is 5.91 Å². The summed E-state index contributed by atoms with van der Waals surface area (Å²) in [6.45, 7) is 4.96. The lowest BCUT2D eigenvalue weighted by atomic mass is 9.97. The third-order valence-corrected chi connectivity index (χ3v) is 7.68. The first-order valence-electron chi connectivity index (χ1n) is 13.4. The number of hydrogen-bond donors (Lipinski definition) is 1. The molecule has 2 aromatic rings. The number of rotatable bonds is 8. The SMILES string of the molecule is CC(C)n1c(=O)n(C(=O)N[C@@H]2C[C@H]3CC[C@@H](C2)N3CCCOC(=O)N(C)CC(=O)N(C)C)c2ccccc21. The van der Waals surface area contributed by atoms with Crippen LogP contribution in [0.15, 0.2) is 29.1 Å². The fourth-order valence-corrected chi connectivity index (χ4v) is 5.79. The monoisotopic (exact) mass is 528 g/mol. The van der Waals surface area contributed by atoms with E-state index < -0.39 is 6.09 Å². The quantitative estimate of drug-likeness (QED) is 0.528. The van der Waals surface area contributed by atoms with Crippen molar-refractivity contribution in [3.63, 3.8) is 0 Å². The number of carbonyl (C=O) groups is 3. The summed E-state index contributed by atoms with van der Waals surface area (Å²) < 4.78 is 8.28. The molecule has 2 bridgehead atoms. The van der Waals surface area contributed by atoms with Crippen LogP contribution in [0.1, 0.15) is 52.0 Å². The van der Waals surface area contributed by atoms with Crippen LogP contribution in [0.3, 0.4) is 0 Å². The molecule has 0 radical (unpaired) electrons. The van der Waals surface area contributed by atoms with Gasteiger partial charge in [0, 0.05) is 51.9 Å². The smallest absolute Gasteiger partial charge is 0.409 e. The fraction of sp³-hybridized carbons (Fsp3) is 0.630.